The van der Waals surface area contributed by atoms with Crippen molar-refractivity contribution in [1.29, 1.82) is 0 Å². The van der Waals surface area contributed by atoms with Crippen LogP contribution in [0.3, 0.4) is 0 Å². The van der Waals surface area contributed by atoms with Gasteiger partial charge in [-0.05, 0) is 96.1 Å². The fourth-order valence-electron chi connectivity index (χ4n) is 7.09. The van der Waals surface area contributed by atoms with Gasteiger partial charge < -0.3 is 33.3 Å². The van der Waals surface area contributed by atoms with Gasteiger partial charge in [0.2, 0.25) is 11.5 Å². The summed E-state index contributed by atoms with van der Waals surface area (Å²) in [5, 5.41) is 0. The third kappa shape index (κ3) is 8.05. The minimum absolute atomic E-state index is 0.396. The summed E-state index contributed by atoms with van der Waals surface area (Å²) < 4.78 is 33.6. The number of hydrogen-bond donors (Lipinski definition) is 0. The Kier molecular flexibility index (Phi) is 11.7. The van der Waals surface area contributed by atoms with Gasteiger partial charge in [-0.1, -0.05) is 35.9 Å². The summed E-state index contributed by atoms with van der Waals surface area (Å²) in [6.07, 6.45) is 5.96. The van der Waals surface area contributed by atoms with Gasteiger partial charge in [0.15, 0.2) is 23.0 Å². The number of anilines is 1. The Hall–Kier alpha value is -5.41. The number of likely N-dealkylation sites (tertiary alicyclic amines) is 1. The van der Waals surface area contributed by atoms with Gasteiger partial charge in [0, 0.05) is 55.9 Å². The molecule has 0 unspecified atom stereocenters. The summed E-state index contributed by atoms with van der Waals surface area (Å²) in [6, 6.07) is 28.2. The Morgan fingerprint density at radius 3 is 1.67 bits per heavy atom. The second-order valence-corrected chi connectivity index (χ2v) is 13.1. The molecule has 0 bridgehead atoms. The molecule has 1 aromatic heterocycles. The van der Waals surface area contributed by atoms with E-state index in [1.165, 1.54) is 22.4 Å². The molecule has 0 N–H and O–H groups in total. The molecule has 1 saturated heterocycles. The standard InChI is InChI=1S/C43H49N3O6/c1-29-11-13-36(14-12-29)46(28-30-9-8-10-32(19-30)33-21-38(47-2)42(51-6)39(22-33)48-3)37-15-17-45(18-16-37)27-31-20-35(26-44-25-31)34-23-40(49-4)43(52-7)41(24-34)50-5/h8-14,19-26,37H,15-18,27-28H2,1-7H3. The van der Waals surface area contributed by atoms with Gasteiger partial charge >= 0.3 is 0 Å². The molecule has 0 aliphatic carbocycles. The summed E-state index contributed by atoms with van der Waals surface area (Å²) in [4.78, 5) is 9.72. The largest absolute Gasteiger partial charge is 0.493 e. The van der Waals surface area contributed by atoms with Crippen molar-refractivity contribution in [2.75, 3.05) is 60.6 Å². The predicted octanol–water partition coefficient (Wildman–Crippen LogP) is 8.45. The summed E-state index contributed by atoms with van der Waals surface area (Å²) in [5.74, 6) is 3.68. The second kappa shape index (κ2) is 16.7. The van der Waals surface area contributed by atoms with E-state index in [4.69, 9.17) is 28.4 Å². The molecule has 9 heteroatoms. The van der Waals surface area contributed by atoms with Crippen molar-refractivity contribution in [3.63, 3.8) is 0 Å². The zero-order chi connectivity index (χ0) is 36.6. The number of aryl methyl sites for hydroxylation is 1. The molecule has 5 aromatic rings. The van der Waals surface area contributed by atoms with Crippen LogP contribution in [-0.2, 0) is 13.1 Å². The number of pyridine rings is 1. The number of hydrogen-bond acceptors (Lipinski definition) is 9. The number of methoxy groups -OCH3 is 6. The fraction of sp³-hybridized carbons (Fsp3) is 0.326. The van der Waals surface area contributed by atoms with Crippen molar-refractivity contribution in [3.05, 3.63) is 108 Å². The number of benzene rings is 4. The van der Waals surface area contributed by atoms with Crippen LogP contribution in [-0.4, -0.2) is 71.7 Å². The minimum atomic E-state index is 0.396. The van der Waals surface area contributed by atoms with E-state index >= 15 is 0 Å². The number of ether oxygens (including phenoxy) is 6. The smallest absolute Gasteiger partial charge is 0.203 e. The summed E-state index contributed by atoms with van der Waals surface area (Å²) in [6.45, 7) is 5.75. The van der Waals surface area contributed by atoms with Gasteiger partial charge in [-0.3, -0.25) is 9.88 Å². The van der Waals surface area contributed by atoms with Crippen molar-refractivity contribution in [2.24, 2.45) is 0 Å². The van der Waals surface area contributed by atoms with Crippen LogP contribution < -0.4 is 33.3 Å². The van der Waals surface area contributed by atoms with Crippen molar-refractivity contribution in [3.8, 4) is 56.8 Å². The van der Waals surface area contributed by atoms with E-state index < -0.39 is 0 Å². The fourth-order valence-corrected chi connectivity index (χ4v) is 7.09. The molecule has 1 aliphatic heterocycles. The third-order valence-corrected chi connectivity index (χ3v) is 9.84. The van der Waals surface area contributed by atoms with Crippen molar-refractivity contribution in [2.45, 2.75) is 38.9 Å². The van der Waals surface area contributed by atoms with Gasteiger partial charge in [-0.2, -0.15) is 0 Å². The summed E-state index contributed by atoms with van der Waals surface area (Å²) in [7, 11) is 9.80. The first-order valence-electron chi connectivity index (χ1n) is 17.6. The van der Waals surface area contributed by atoms with Crippen LogP contribution in [0.25, 0.3) is 22.3 Å². The van der Waals surface area contributed by atoms with Gasteiger partial charge in [0.05, 0.1) is 42.7 Å². The molecule has 1 aliphatic rings. The quantitative estimate of drug-likeness (QED) is 0.113. The SMILES string of the molecule is COc1cc(-c2cncc(CN3CCC(N(Cc4cccc(-c5cc(OC)c(OC)c(OC)c5)c4)c4ccc(C)cc4)CC3)c2)cc(OC)c1OC. The molecule has 0 atom stereocenters. The Bertz CT molecular complexity index is 1910. The monoisotopic (exact) mass is 703 g/mol. The molecule has 6 rings (SSSR count). The zero-order valence-electron chi connectivity index (χ0n) is 31.3. The molecule has 4 aromatic carbocycles. The first-order chi connectivity index (χ1) is 25.4. The highest BCUT2D eigenvalue weighted by atomic mass is 16.5. The molecule has 52 heavy (non-hydrogen) atoms. The highest BCUT2D eigenvalue weighted by Gasteiger charge is 2.26. The lowest BCUT2D eigenvalue weighted by Crippen LogP contribution is -2.44. The van der Waals surface area contributed by atoms with Crippen LogP contribution >= 0.6 is 0 Å². The maximum atomic E-state index is 5.65. The van der Waals surface area contributed by atoms with E-state index in [0.717, 1.165) is 61.3 Å². The maximum Gasteiger partial charge on any atom is 0.203 e. The highest BCUT2D eigenvalue weighted by molar-refractivity contribution is 5.72. The summed E-state index contributed by atoms with van der Waals surface area (Å²) >= 11 is 0. The van der Waals surface area contributed by atoms with Gasteiger partial charge in [-0.25, -0.2) is 0 Å². The molecule has 2 heterocycles. The first kappa shape index (κ1) is 36.4. The van der Waals surface area contributed by atoms with E-state index in [1.54, 1.807) is 42.7 Å². The van der Waals surface area contributed by atoms with E-state index in [2.05, 4.69) is 76.3 Å². The lowest BCUT2D eigenvalue weighted by atomic mass is 9.98. The molecule has 1 fully saturated rings. The Morgan fingerprint density at radius 1 is 0.596 bits per heavy atom. The Morgan fingerprint density at radius 2 is 1.13 bits per heavy atom. The number of nitrogens with zero attached hydrogens (tertiary/aromatic N) is 3. The molecule has 0 spiro atoms. The zero-order valence-corrected chi connectivity index (χ0v) is 31.3. The molecular weight excluding hydrogens is 654 g/mol. The van der Waals surface area contributed by atoms with Gasteiger partial charge in [-0.15, -0.1) is 0 Å². The second-order valence-electron chi connectivity index (χ2n) is 13.1. The van der Waals surface area contributed by atoms with Crippen molar-refractivity contribution >= 4 is 5.69 Å². The van der Waals surface area contributed by atoms with Crippen LogP contribution in [0, 0.1) is 6.92 Å². The van der Waals surface area contributed by atoms with Crippen molar-refractivity contribution < 1.29 is 28.4 Å². The van der Waals surface area contributed by atoms with Crippen LogP contribution in [0.1, 0.15) is 29.5 Å². The van der Waals surface area contributed by atoms with Crippen LogP contribution in [0.15, 0.2) is 91.3 Å². The topological polar surface area (TPSA) is 74.8 Å². The average molecular weight is 704 g/mol. The van der Waals surface area contributed by atoms with E-state index in [-0.39, 0.29) is 0 Å². The molecule has 9 nitrogen and oxygen atoms in total. The maximum absolute atomic E-state index is 5.65. The lowest BCUT2D eigenvalue weighted by molar-refractivity contribution is 0.200. The number of rotatable bonds is 14. The molecule has 272 valence electrons. The van der Waals surface area contributed by atoms with Crippen LogP contribution in [0.2, 0.25) is 0 Å². The lowest BCUT2D eigenvalue weighted by Gasteiger charge is -2.40. The van der Waals surface area contributed by atoms with Gasteiger partial charge in [0.25, 0.3) is 0 Å². The predicted molar refractivity (Wildman–Crippen MR) is 207 cm³/mol. The van der Waals surface area contributed by atoms with E-state index in [1.807, 2.05) is 36.7 Å². The van der Waals surface area contributed by atoms with Gasteiger partial charge in [0.1, 0.15) is 0 Å². The number of aromatic nitrogens is 1. The Balaban J connectivity index is 1.19. The molecule has 0 saturated carbocycles. The van der Waals surface area contributed by atoms with E-state index in [0.29, 0.717) is 40.5 Å². The molecule has 0 amide bonds. The third-order valence-electron chi connectivity index (χ3n) is 9.84. The molecule has 0 radical (unpaired) electrons. The van der Waals surface area contributed by atoms with Crippen LogP contribution in [0.5, 0.6) is 34.5 Å². The van der Waals surface area contributed by atoms with Crippen LogP contribution in [0.4, 0.5) is 5.69 Å². The van der Waals surface area contributed by atoms with Crippen molar-refractivity contribution in [1.82, 2.24) is 9.88 Å². The average Bonchev–Trinajstić information content (AvgIpc) is 3.19. The number of piperidine rings is 1. The van der Waals surface area contributed by atoms with E-state index in [9.17, 15) is 0 Å². The molecular formula is C43H49N3O6. The highest BCUT2D eigenvalue weighted by Crippen LogP contribution is 2.42. The normalized spacial score (nSPS) is 13.4. The summed E-state index contributed by atoms with van der Waals surface area (Å²) in [5.41, 5.74) is 8.98. The first-order valence-corrected chi connectivity index (χ1v) is 17.6. The Labute approximate surface area is 307 Å². The minimum Gasteiger partial charge on any atom is -0.493 e.